The number of benzene rings is 1. The summed E-state index contributed by atoms with van der Waals surface area (Å²) in [5.74, 6) is 0.358. The van der Waals surface area contributed by atoms with Crippen molar-refractivity contribution in [1.29, 1.82) is 0 Å². The summed E-state index contributed by atoms with van der Waals surface area (Å²) in [7, 11) is 0. The highest BCUT2D eigenvalue weighted by molar-refractivity contribution is 5.91. The molecule has 0 unspecified atom stereocenters. The third-order valence-electron chi connectivity index (χ3n) is 3.29. The summed E-state index contributed by atoms with van der Waals surface area (Å²) in [5, 5.41) is 2.86. The highest BCUT2D eigenvalue weighted by atomic mass is 16.2. The Morgan fingerprint density at radius 2 is 1.81 bits per heavy atom. The van der Waals surface area contributed by atoms with E-state index in [9.17, 15) is 9.59 Å². The van der Waals surface area contributed by atoms with Crippen LogP contribution in [0.1, 0.15) is 39.7 Å². The van der Waals surface area contributed by atoms with Crippen LogP contribution < -0.4 is 5.32 Å². The van der Waals surface area contributed by atoms with Gasteiger partial charge in [-0.2, -0.15) is 0 Å². The van der Waals surface area contributed by atoms with E-state index in [1.165, 1.54) is 5.56 Å². The highest BCUT2D eigenvalue weighted by Gasteiger charge is 2.12. The van der Waals surface area contributed by atoms with E-state index in [4.69, 9.17) is 0 Å². The maximum absolute atomic E-state index is 11.9. The Labute approximate surface area is 127 Å². The summed E-state index contributed by atoms with van der Waals surface area (Å²) < 4.78 is 0. The van der Waals surface area contributed by atoms with Gasteiger partial charge >= 0.3 is 0 Å². The number of rotatable bonds is 7. The number of anilines is 1. The average Bonchev–Trinajstić information content (AvgIpc) is 2.43. The minimum atomic E-state index is -0.0609. The molecule has 1 aromatic rings. The van der Waals surface area contributed by atoms with E-state index in [0.717, 1.165) is 12.1 Å². The number of carbonyl (C=O) groups excluding carboxylic acids is 2. The first-order chi connectivity index (χ1) is 9.92. The van der Waals surface area contributed by atoms with E-state index in [-0.39, 0.29) is 11.8 Å². The van der Waals surface area contributed by atoms with Gasteiger partial charge in [-0.1, -0.05) is 32.9 Å². The molecule has 0 aliphatic heterocycles. The Bertz CT molecular complexity index is 466. The largest absolute Gasteiger partial charge is 0.342 e. The second-order valence-corrected chi connectivity index (χ2v) is 5.71. The number of hydrogen-bond donors (Lipinski definition) is 1. The quantitative estimate of drug-likeness (QED) is 0.839. The van der Waals surface area contributed by atoms with Crippen LogP contribution >= 0.6 is 0 Å². The number of carbonyl (C=O) groups is 2. The molecule has 4 heteroatoms. The van der Waals surface area contributed by atoms with Crippen LogP contribution in [0.5, 0.6) is 0 Å². The van der Waals surface area contributed by atoms with Crippen LogP contribution in [0.2, 0.25) is 0 Å². The Morgan fingerprint density at radius 3 is 2.29 bits per heavy atom. The smallest absolute Gasteiger partial charge is 0.226 e. The Hall–Kier alpha value is -1.84. The fourth-order valence-corrected chi connectivity index (χ4v) is 2.10. The zero-order chi connectivity index (χ0) is 15.8. The molecule has 0 saturated heterocycles. The van der Waals surface area contributed by atoms with Crippen molar-refractivity contribution >= 4 is 17.5 Å². The van der Waals surface area contributed by atoms with E-state index in [1.54, 1.807) is 11.8 Å². The van der Waals surface area contributed by atoms with Crippen molar-refractivity contribution in [2.24, 2.45) is 5.92 Å². The van der Waals surface area contributed by atoms with Gasteiger partial charge in [0.2, 0.25) is 11.8 Å². The molecule has 0 aliphatic carbocycles. The molecule has 21 heavy (non-hydrogen) atoms. The van der Waals surface area contributed by atoms with Crippen LogP contribution in [0.15, 0.2) is 24.3 Å². The fraction of sp³-hybridized carbons (Fsp3) is 0.529. The van der Waals surface area contributed by atoms with Gasteiger partial charge < -0.3 is 10.2 Å². The zero-order valence-electron chi connectivity index (χ0n) is 13.5. The van der Waals surface area contributed by atoms with Crippen LogP contribution in [0, 0.1) is 5.92 Å². The van der Waals surface area contributed by atoms with Crippen molar-refractivity contribution < 1.29 is 9.59 Å². The number of nitrogens with zero attached hydrogens (tertiary/aromatic N) is 1. The molecule has 116 valence electrons. The summed E-state index contributed by atoms with van der Waals surface area (Å²) in [6.07, 6.45) is 1.30. The average molecular weight is 290 g/mol. The van der Waals surface area contributed by atoms with E-state index >= 15 is 0 Å². The standard InChI is InChI=1S/C17H26N2O2/c1-5-15-6-8-16(9-7-15)18-17(21)10-11-19(14(4)20)12-13(2)3/h6-9,13H,5,10-12H2,1-4H3,(H,18,21). The van der Waals surface area contributed by atoms with Gasteiger partial charge in [0.1, 0.15) is 0 Å². The van der Waals surface area contributed by atoms with Crippen LogP contribution in [0.3, 0.4) is 0 Å². The molecule has 0 saturated carbocycles. The van der Waals surface area contributed by atoms with Crippen molar-refractivity contribution in [3.63, 3.8) is 0 Å². The lowest BCUT2D eigenvalue weighted by Gasteiger charge is -2.22. The molecule has 0 bridgehead atoms. The lowest BCUT2D eigenvalue weighted by Crippen LogP contribution is -2.34. The maximum Gasteiger partial charge on any atom is 0.226 e. The summed E-state index contributed by atoms with van der Waals surface area (Å²) in [6, 6.07) is 7.84. The fourth-order valence-electron chi connectivity index (χ4n) is 2.10. The third kappa shape index (κ3) is 6.43. The highest BCUT2D eigenvalue weighted by Crippen LogP contribution is 2.10. The van der Waals surface area contributed by atoms with Crippen molar-refractivity contribution in [2.45, 2.75) is 40.5 Å². The first-order valence-corrected chi connectivity index (χ1v) is 7.56. The number of hydrogen-bond acceptors (Lipinski definition) is 2. The van der Waals surface area contributed by atoms with Gasteiger partial charge in [0.05, 0.1) is 0 Å². The Morgan fingerprint density at radius 1 is 1.19 bits per heavy atom. The summed E-state index contributed by atoms with van der Waals surface area (Å²) in [6.45, 7) is 8.92. The molecule has 1 N–H and O–H groups in total. The second kappa shape index (κ2) is 8.45. The molecule has 0 heterocycles. The predicted octanol–water partition coefficient (Wildman–Crippen LogP) is 3.08. The van der Waals surface area contributed by atoms with Gasteiger partial charge in [-0.15, -0.1) is 0 Å². The first-order valence-electron chi connectivity index (χ1n) is 7.56. The van der Waals surface area contributed by atoms with E-state index in [2.05, 4.69) is 26.1 Å². The summed E-state index contributed by atoms with van der Waals surface area (Å²) in [4.78, 5) is 25.2. The Balaban J connectivity index is 2.46. The van der Waals surface area contributed by atoms with Crippen LogP contribution in [0.25, 0.3) is 0 Å². The number of aryl methyl sites for hydroxylation is 1. The second-order valence-electron chi connectivity index (χ2n) is 5.71. The molecular formula is C17H26N2O2. The number of amides is 2. The van der Waals surface area contributed by atoms with Crippen molar-refractivity contribution in [3.8, 4) is 0 Å². The van der Waals surface area contributed by atoms with Gasteiger partial charge in [0.15, 0.2) is 0 Å². The zero-order valence-corrected chi connectivity index (χ0v) is 13.5. The molecular weight excluding hydrogens is 264 g/mol. The number of nitrogens with one attached hydrogen (secondary N) is 1. The normalized spacial score (nSPS) is 10.5. The third-order valence-corrected chi connectivity index (χ3v) is 3.29. The van der Waals surface area contributed by atoms with Crippen LogP contribution in [0.4, 0.5) is 5.69 Å². The van der Waals surface area contributed by atoms with Crippen molar-refractivity contribution in [1.82, 2.24) is 4.90 Å². The van der Waals surface area contributed by atoms with Crippen LogP contribution in [-0.2, 0) is 16.0 Å². The molecule has 0 aromatic heterocycles. The lowest BCUT2D eigenvalue weighted by atomic mass is 10.1. The van der Waals surface area contributed by atoms with E-state index < -0.39 is 0 Å². The monoisotopic (exact) mass is 290 g/mol. The van der Waals surface area contributed by atoms with Crippen LogP contribution in [-0.4, -0.2) is 29.8 Å². The lowest BCUT2D eigenvalue weighted by molar-refractivity contribution is -0.129. The summed E-state index contributed by atoms with van der Waals surface area (Å²) in [5.41, 5.74) is 2.04. The molecule has 2 amide bonds. The molecule has 0 atom stereocenters. The molecule has 4 nitrogen and oxygen atoms in total. The van der Waals surface area contributed by atoms with Gasteiger partial charge in [-0.3, -0.25) is 9.59 Å². The molecule has 0 spiro atoms. The minimum Gasteiger partial charge on any atom is -0.342 e. The summed E-state index contributed by atoms with van der Waals surface area (Å²) >= 11 is 0. The van der Waals surface area contributed by atoms with E-state index in [0.29, 0.717) is 25.4 Å². The molecule has 0 radical (unpaired) electrons. The maximum atomic E-state index is 11.9. The van der Waals surface area contributed by atoms with Crippen molar-refractivity contribution in [3.05, 3.63) is 29.8 Å². The predicted molar refractivity (Wildman–Crippen MR) is 86.2 cm³/mol. The molecule has 0 aliphatic rings. The first kappa shape index (κ1) is 17.2. The molecule has 1 aromatic carbocycles. The minimum absolute atomic E-state index is 0.0174. The Kier molecular flexibility index (Phi) is 6.92. The SMILES string of the molecule is CCc1ccc(NC(=O)CCN(CC(C)C)C(C)=O)cc1. The van der Waals surface area contributed by atoms with Gasteiger partial charge in [-0.25, -0.2) is 0 Å². The van der Waals surface area contributed by atoms with Gasteiger partial charge in [0, 0.05) is 32.1 Å². The topological polar surface area (TPSA) is 49.4 Å². The van der Waals surface area contributed by atoms with Crippen molar-refractivity contribution in [2.75, 3.05) is 18.4 Å². The van der Waals surface area contributed by atoms with Gasteiger partial charge in [0.25, 0.3) is 0 Å². The van der Waals surface area contributed by atoms with E-state index in [1.807, 2.05) is 24.3 Å². The molecule has 0 fully saturated rings. The van der Waals surface area contributed by atoms with Gasteiger partial charge in [-0.05, 0) is 30.0 Å². The molecule has 1 rings (SSSR count).